The SMILES string of the molecule is CO[C@H]1CCN(c2ccc3c(c2)CN2C(C)CNC[C@H]32)C[C@@H]1N. The number of rotatable bonds is 2. The van der Waals surface area contributed by atoms with Crippen molar-refractivity contribution in [1.29, 1.82) is 0 Å². The highest BCUT2D eigenvalue weighted by molar-refractivity contribution is 5.53. The molecule has 0 aliphatic carbocycles. The molecular weight excluding hydrogens is 288 g/mol. The highest BCUT2D eigenvalue weighted by Crippen LogP contribution is 2.38. The van der Waals surface area contributed by atoms with E-state index in [0.717, 1.165) is 39.1 Å². The average molecular weight is 316 g/mol. The lowest BCUT2D eigenvalue weighted by molar-refractivity contribution is 0.0664. The summed E-state index contributed by atoms with van der Waals surface area (Å²) in [6.07, 6.45) is 1.20. The van der Waals surface area contributed by atoms with E-state index in [2.05, 4.69) is 40.2 Å². The summed E-state index contributed by atoms with van der Waals surface area (Å²) < 4.78 is 5.47. The number of nitrogens with one attached hydrogen (secondary N) is 1. The van der Waals surface area contributed by atoms with Gasteiger partial charge >= 0.3 is 0 Å². The van der Waals surface area contributed by atoms with Gasteiger partial charge in [0.05, 0.1) is 6.10 Å². The van der Waals surface area contributed by atoms with E-state index in [1.165, 1.54) is 16.8 Å². The number of hydrogen-bond donors (Lipinski definition) is 2. The number of nitrogens with zero attached hydrogens (tertiary/aromatic N) is 2. The van der Waals surface area contributed by atoms with Crippen molar-refractivity contribution in [3.8, 4) is 0 Å². The molecule has 5 heteroatoms. The molecule has 3 aliphatic rings. The maximum Gasteiger partial charge on any atom is 0.0756 e. The number of benzene rings is 1. The first kappa shape index (κ1) is 15.4. The van der Waals surface area contributed by atoms with Crippen LogP contribution in [0, 0.1) is 0 Å². The van der Waals surface area contributed by atoms with Crippen LogP contribution in [0.4, 0.5) is 5.69 Å². The molecule has 1 aromatic rings. The molecule has 2 fully saturated rings. The molecule has 126 valence electrons. The Morgan fingerprint density at radius 3 is 2.96 bits per heavy atom. The first-order valence-electron chi connectivity index (χ1n) is 8.80. The van der Waals surface area contributed by atoms with Gasteiger partial charge in [0.2, 0.25) is 0 Å². The Hall–Kier alpha value is -1.14. The van der Waals surface area contributed by atoms with E-state index in [4.69, 9.17) is 10.5 Å². The lowest BCUT2D eigenvalue weighted by Gasteiger charge is -2.37. The van der Waals surface area contributed by atoms with Crippen LogP contribution in [0.5, 0.6) is 0 Å². The van der Waals surface area contributed by atoms with Gasteiger partial charge in [0, 0.05) is 63.6 Å². The molecule has 0 bridgehead atoms. The Bertz CT molecular complexity index is 578. The van der Waals surface area contributed by atoms with Gasteiger partial charge in [-0.2, -0.15) is 0 Å². The highest BCUT2D eigenvalue weighted by Gasteiger charge is 2.36. The van der Waals surface area contributed by atoms with Crippen LogP contribution < -0.4 is 16.0 Å². The number of hydrogen-bond acceptors (Lipinski definition) is 5. The molecule has 2 saturated heterocycles. The number of anilines is 1. The number of piperidine rings is 1. The summed E-state index contributed by atoms with van der Waals surface area (Å²) in [5, 5.41) is 3.56. The zero-order chi connectivity index (χ0) is 16.0. The molecule has 0 amide bonds. The Morgan fingerprint density at radius 2 is 2.17 bits per heavy atom. The van der Waals surface area contributed by atoms with Gasteiger partial charge in [0.25, 0.3) is 0 Å². The Kier molecular flexibility index (Phi) is 4.05. The summed E-state index contributed by atoms with van der Waals surface area (Å²) in [6, 6.07) is 8.25. The Labute approximate surface area is 138 Å². The lowest BCUT2D eigenvalue weighted by Crippen LogP contribution is -2.52. The third kappa shape index (κ3) is 2.66. The summed E-state index contributed by atoms with van der Waals surface area (Å²) in [5.41, 5.74) is 10.6. The monoisotopic (exact) mass is 316 g/mol. The molecule has 4 rings (SSSR count). The maximum absolute atomic E-state index is 6.26. The third-order valence-electron chi connectivity index (χ3n) is 5.84. The first-order valence-corrected chi connectivity index (χ1v) is 8.80. The molecule has 5 nitrogen and oxygen atoms in total. The summed E-state index contributed by atoms with van der Waals surface area (Å²) in [7, 11) is 1.76. The van der Waals surface area contributed by atoms with Crippen molar-refractivity contribution < 1.29 is 4.74 Å². The van der Waals surface area contributed by atoms with Crippen molar-refractivity contribution in [2.24, 2.45) is 5.73 Å². The average Bonchev–Trinajstić information content (AvgIpc) is 2.94. The highest BCUT2D eigenvalue weighted by atomic mass is 16.5. The standard InChI is InChI=1S/C18H28N4O/c1-12-8-20-9-17-15-4-3-14(7-13(15)10-22(12)17)21-6-5-18(23-2)16(19)11-21/h3-4,7,12,16-18,20H,5-6,8-11,19H2,1-2H3/t12?,16-,17+,18-/m0/s1. The molecule has 4 atom stereocenters. The van der Waals surface area contributed by atoms with Crippen LogP contribution in [0.3, 0.4) is 0 Å². The smallest absolute Gasteiger partial charge is 0.0756 e. The first-order chi connectivity index (χ1) is 11.2. The second-order valence-corrected chi connectivity index (χ2v) is 7.25. The number of fused-ring (bicyclic) bond motifs is 3. The topological polar surface area (TPSA) is 53.8 Å². The van der Waals surface area contributed by atoms with E-state index in [1.807, 2.05) is 0 Å². The summed E-state index contributed by atoms with van der Waals surface area (Å²) in [6.45, 7) is 7.47. The molecule has 1 unspecified atom stereocenters. The van der Waals surface area contributed by atoms with Crippen molar-refractivity contribution in [3.05, 3.63) is 29.3 Å². The van der Waals surface area contributed by atoms with Crippen LogP contribution in [0.1, 0.15) is 30.5 Å². The van der Waals surface area contributed by atoms with Gasteiger partial charge in [0.15, 0.2) is 0 Å². The van der Waals surface area contributed by atoms with Crippen LogP contribution in [0.15, 0.2) is 18.2 Å². The largest absolute Gasteiger partial charge is 0.380 e. The van der Waals surface area contributed by atoms with Gasteiger partial charge in [-0.25, -0.2) is 0 Å². The van der Waals surface area contributed by atoms with Crippen LogP contribution in [0.25, 0.3) is 0 Å². The van der Waals surface area contributed by atoms with E-state index in [9.17, 15) is 0 Å². The van der Waals surface area contributed by atoms with Crippen molar-refractivity contribution in [1.82, 2.24) is 10.2 Å². The number of ether oxygens (including phenoxy) is 1. The van der Waals surface area contributed by atoms with E-state index in [1.54, 1.807) is 7.11 Å². The van der Waals surface area contributed by atoms with E-state index in [0.29, 0.717) is 12.1 Å². The van der Waals surface area contributed by atoms with Crippen LogP contribution >= 0.6 is 0 Å². The van der Waals surface area contributed by atoms with Crippen LogP contribution in [-0.4, -0.2) is 56.4 Å². The molecule has 3 aliphatic heterocycles. The fourth-order valence-corrected chi connectivity index (χ4v) is 4.46. The Morgan fingerprint density at radius 1 is 1.30 bits per heavy atom. The number of methoxy groups -OCH3 is 1. The number of piperazine rings is 1. The summed E-state index contributed by atoms with van der Waals surface area (Å²) in [4.78, 5) is 5.05. The van der Waals surface area contributed by atoms with Gasteiger partial charge in [-0.1, -0.05) is 6.07 Å². The molecule has 0 spiro atoms. The molecule has 0 radical (unpaired) electrons. The second-order valence-electron chi connectivity index (χ2n) is 7.25. The van der Waals surface area contributed by atoms with Crippen molar-refractivity contribution in [2.45, 2.75) is 44.1 Å². The lowest BCUT2D eigenvalue weighted by atomic mass is 9.99. The molecule has 3 N–H and O–H groups in total. The van der Waals surface area contributed by atoms with E-state index < -0.39 is 0 Å². The molecule has 0 aromatic heterocycles. The minimum Gasteiger partial charge on any atom is -0.380 e. The molecular formula is C18H28N4O. The zero-order valence-corrected chi connectivity index (χ0v) is 14.2. The van der Waals surface area contributed by atoms with Gasteiger partial charge < -0.3 is 20.7 Å². The Balaban J connectivity index is 1.54. The van der Waals surface area contributed by atoms with Gasteiger partial charge in [0.1, 0.15) is 0 Å². The fourth-order valence-electron chi connectivity index (χ4n) is 4.46. The minimum atomic E-state index is 0.0950. The molecule has 1 aromatic carbocycles. The predicted molar refractivity (Wildman–Crippen MR) is 92.7 cm³/mol. The van der Waals surface area contributed by atoms with Crippen molar-refractivity contribution in [3.63, 3.8) is 0 Å². The predicted octanol–water partition coefficient (Wildman–Crippen LogP) is 1.09. The van der Waals surface area contributed by atoms with Crippen molar-refractivity contribution >= 4 is 5.69 Å². The normalized spacial score (nSPS) is 34.3. The second kappa shape index (κ2) is 6.06. The third-order valence-corrected chi connectivity index (χ3v) is 5.84. The molecule has 3 heterocycles. The molecule has 0 saturated carbocycles. The summed E-state index contributed by atoms with van der Waals surface area (Å²) >= 11 is 0. The van der Waals surface area contributed by atoms with E-state index >= 15 is 0 Å². The summed E-state index contributed by atoms with van der Waals surface area (Å²) in [5.74, 6) is 0. The van der Waals surface area contributed by atoms with Gasteiger partial charge in [-0.15, -0.1) is 0 Å². The fraction of sp³-hybridized carbons (Fsp3) is 0.667. The van der Waals surface area contributed by atoms with Gasteiger partial charge in [-0.05, 0) is 36.6 Å². The van der Waals surface area contributed by atoms with Crippen LogP contribution in [-0.2, 0) is 11.3 Å². The van der Waals surface area contributed by atoms with E-state index in [-0.39, 0.29) is 12.1 Å². The van der Waals surface area contributed by atoms with Crippen molar-refractivity contribution in [2.75, 3.05) is 38.2 Å². The minimum absolute atomic E-state index is 0.0950. The maximum atomic E-state index is 6.26. The van der Waals surface area contributed by atoms with Gasteiger partial charge in [-0.3, -0.25) is 4.90 Å². The molecule has 23 heavy (non-hydrogen) atoms. The van der Waals surface area contributed by atoms with Crippen LogP contribution in [0.2, 0.25) is 0 Å². The quantitative estimate of drug-likeness (QED) is 0.855. The zero-order valence-electron chi connectivity index (χ0n) is 14.2. The number of nitrogens with two attached hydrogens (primary N) is 1.